The zero-order valence-corrected chi connectivity index (χ0v) is 10.4. The van der Waals surface area contributed by atoms with Crippen molar-refractivity contribution in [1.82, 2.24) is 9.97 Å². The van der Waals surface area contributed by atoms with Crippen molar-refractivity contribution in [2.75, 3.05) is 12.4 Å². The predicted molar refractivity (Wildman–Crippen MR) is 65.9 cm³/mol. The van der Waals surface area contributed by atoms with Gasteiger partial charge in [0.1, 0.15) is 10.9 Å². The summed E-state index contributed by atoms with van der Waals surface area (Å²) in [6, 6.07) is 3.18. The van der Waals surface area contributed by atoms with Crippen molar-refractivity contribution in [2.24, 2.45) is 0 Å². The molecule has 7 heteroatoms. The maximum absolute atomic E-state index is 11.8. The molecular weight excluding hydrogens is 262 g/mol. The topological polar surface area (TPSA) is 64.1 Å². The minimum Gasteiger partial charge on any atom is -0.496 e. The molecule has 0 bridgehead atoms. The molecule has 2 rings (SSSR count). The first-order valence-corrected chi connectivity index (χ1v) is 5.87. The molecule has 5 nitrogen and oxygen atoms in total. The third-order valence-electron chi connectivity index (χ3n) is 1.88. The Morgan fingerprint density at radius 2 is 2.41 bits per heavy atom. The van der Waals surface area contributed by atoms with Crippen LogP contribution in [0.5, 0.6) is 5.75 Å². The van der Waals surface area contributed by atoms with E-state index in [1.54, 1.807) is 18.6 Å². The van der Waals surface area contributed by atoms with Crippen molar-refractivity contribution in [3.63, 3.8) is 0 Å². The smallest absolute Gasteiger partial charge is 0.268 e. The van der Waals surface area contributed by atoms with E-state index in [4.69, 9.17) is 16.3 Å². The molecule has 17 heavy (non-hydrogen) atoms. The van der Waals surface area contributed by atoms with E-state index >= 15 is 0 Å². The molecule has 0 unspecified atom stereocenters. The van der Waals surface area contributed by atoms with Crippen molar-refractivity contribution in [1.29, 1.82) is 0 Å². The van der Waals surface area contributed by atoms with Crippen LogP contribution in [0.4, 0.5) is 5.95 Å². The van der Waals surface area contributed by atoms with Gasteiger partial charge in [0.25, 0.3) is 5.91 Å². The average Bonchev–Trinajstić information content (AvgIpc) is 2.77. The first-order chi connectivity index (χ1) is 8.19. The average molecular weight is 270 g/mol. The van der Waals surface area contributed by atoms with E-state index in [0.717, 1.165) is 0 Å². The van der Waals surface area contributed by atoms with Gasteiger partial charge in [-0.3, -0.25) is 10.1 Å². The van der Waals surface area contributed by atoms with Crippen LogP contribution < -0.4 is 10.1 Å². The second-order valence-corrected chi connectivity index (χ2v) is 4.31. The molecule has 0 saturated carbocycles. The van der Waals surface area contributed by atoms with E-state index in [9.17, 15) is 4.79 Å². The lowest BCUT2D eigenvalue weighted by Crippen LogP contribution is -2.12. The summed E-state index contributed by atoms with van der Waals surface area (Å²) in [5.41, 5.74) is 0. The molecule has 0 atom stereocenters. The van der Waals surface area contributed by atoms with Gasteiger partial charge in [0.2, 0.25) is 5.95 Å². The molecule has 0 fully saturated rings. The zero-order valence-electron chi connectivity index (χ0n) is 8.81. The SMILES string of the molecule is COc1csc(C(=O)Nc2nccc(Cl)n2)c1. The maximum atomic E-state index is 11.8. The fraction of sp³-hybridized carbons (Fsp3) is 0.100. The number of carbonyl (C=O) groups is 1. The summed E-state index contributed by atoms with van der Waals surface area (Å²) in [5, 5.41) is 4.57. The predicted octanol–water partition coefficient (Wildman–Crippen LogP) is 2.45. The van der Waals surface area contributed by atoms with Gasteiger partial charge in [-0.15, -0.1) is 11.3 Å². The van der Waals surface area contributed by atoms with Crippen molar-refractivity contribution >= 4 is 34.8 Å². The number of nitrogens with one attached hydrogen (secondary N) is 1. The first kappa shape index (κ1) is 11.8. The van der Waals surface area contributed by atoms with E-state index in [1.165, 1.54) is 23.6 Å². The highest BCUT2D eigenvalue weighted by Gasteiger charge is 2.11. The molecule has 2 aromatic rings. The largest absolute Gasteiger partial charge is 0.496 e. The van der Waals surface area contributed by atoms with E-state index < -0.39 is 0 Å². The molecular formula is C10H8ClN3O2S. The van der Waals surface area contributed by atoms with Gasteiger partial charge in [0, 0.05) is 17.6 Å². The zero-order chi connectivity index (χ0) is 12.3. The number of halogens is 1. The molecule has 1 N–H and O–H groups in total. The summed E-state index contributed by atoms with van der Waals surface area (Å²) in [4.78, 5) is 20.0. The molecule has 0 radical (unpaired) electrons. The summed E-state index contributed by atoms with van der Waals surface area (Å²) < 4.78 is 4.99. The fourth-order valence-corrected chi connectivity index (χ4v) is 1.99. The number of amides is 1. The number of rotatable bonds is 3. The van der Waals surface area contributed by atoms with Gasteiger partial charge in [-0.2, -0.15) is 0 Å². The third-order valence-corrected chi connectivity index (χ3v) is 3.00. The Labute approximate surface area is 106 Å². The molecule has 1 amide bonds. The van der Waals surface area contributed by atoms with Crippen LogP contribution in [0.2, 0.25) is 5.15 Å². The maximum Gasteiger partial charge on any atom is 0.268 e. The van der Waals surface area contributed by atoms with Crippen LogP contribution in [0.25, 0.3) is 0 Å². The van der Waals surface area contributed by atoms with Crippen LogP contribution in [-0.4, -0.2) is 23.0 Å². The standard InChI is InChI=1S/C10H8ClN3O2S/c1-16-6-4-7(17-5-6)9(15)14-10-12-3-2-8(11)13-10/h2-5H,1H3,(H,12,13,14,15). The number of aromatic nitrogens is 2. The molecule has 0 aliphatic heterocycles. The Kier molecular flexibility index (Phi) is 3.55. The van der Waals surface area contributed by atoms with Crippen LogP contribution in [0.1, 0.15) is 9.67 Å². The highest BCUT2D eigenvalue weighted by atomic mass is 35.5. The Hall–Kier alpha value is -1.66. The molecule has 0 aliphatic carbocycles. The van der Waals surface area contributed by atoms with Gasteiger partial charge in [0.15, 0.2) is 0 Å². The Morgan fingerprint density at radius 1 is 1.59 bits per heavy atom. The number of nitrogens with zero attached hydrogens (tertiary/aromatic N) is 2. The fourth-order valence-electron chi connectivity index (χ4n) is 1.10. The second-order valence-electron chi connectivity index (χ2n) is 3.01. The summed E-state index contributed by atoms with van der Waals surface area (Å²) in [7, 11) is 1.55. The number of hydrogen-bond donors (Lipinski definition) is 1. The quantitative estimate of drug-likeness (QED) is 0.870. The Bertz CT molecular complexity index is 544. The lowest BCUT2D eigenvalue weighted by atomic mass is 10.4. The monoisotopic (exact) mass is 269 g/mol. The number of anilines is 1. The Balaban J connectivity index is 2.11. The van der Waals surface area contributed by atoms with Crippen molar-refractivity contribution in [2.45, 2.75) is 0 Å². The van der Waals surface area contributed by atoms with Gasteiger partial charge < -0.3 is 4.74 Å². The van der Waals surface area contributed by atoms with Crippen LogP contribution in [0, 0.1) is 0 Å². The number of carbonyl (C=O) groups excluding carboxylic acids is 1. The van der Waals surface area contributed by atoms with Crippen molar-refractivity contribution in [3.8, 4) is 5.75 Å². The van der Waals surface area contributed by atoms with E-state index in [0.29, 0.717) is 10.6 Å². The van der Waals surface area contributed by atoms with E-state index in [-0.39, 0.29) is 17.0 Å². The highest BCUT2D eigenvalue weighted by Crippen LogP contribution is 2.21. The van der Waals surface area contributed by atoms with Crippen molar-refractivity contribution in [3.05, 3.63) is 33.7 Å². The number of methoxy groups -OCH3 is 1. The molecule has 0 aromatic carbocycles. The molecule has 0 spiro atoms. The normalized spacial score (nSPS) is 10.0. The van der Waals surface area contributed by atoms with Crippen LogP contribution >= 0.6 is 22.9 Å². The summed E-state index contributed by atoms with van der Waals surface area (Å²) in [5.74, 6) is 0.530. The number of ether oxygens (including phenoxy) is 1. The van der Waals surface area contributed by atoms with Crippen molar-refractivity contribution < 1.29 is 9.53 Å². The summed E-state index contributed by atoms with van der Waals surface area (Å²) in [6.07, 6.45) is 1.47. The lowest BCUT2D eigenvalue weighted by Gasteiger charge is -2.00. The van der Waals surface area contributed by atoms with Gasteiger partial charge in [-0.05, 0) is 6.07 Å². The van der Waals surface area contributed by atoms with Gasteiger partial charge in [0.05, 0.1) is 12.0 Å². The minimum atomic E-state index is -0.291. The van der Waals surface area contributed by atoms with Gasteiger partial charge in [-0.25, -0.2) is 9.97 Å². The van der Waals surface area contributed by atoms with Crippen LogP contribution in [-0.2, 0) is 0 Å². The summed E-state index contributed by atoms with van der Waals surface area (Å²) >= 11 is 6.96. The van der Waals surface area contributed by atoms with E-state index in [2.05, 4.69) is 15.3 Å². The first-order valence-electron chi connectivity index (χ1n) is 4.61. The molecule has 0 saturated heterocycles. The lowest BCUT2D eigenvalue weighted by molar-refractivity contribution is 0.102. The third kappa shape index (κ3) is 2.92. The molecule has 2 heterocycles. The van der Waals surface area contributed by atoms with Crippen LogP contribution in [0.3, 0.4) is 0 Å². The highest BCUT2D eigenvalue weighted by molar-refractivity contribution is 7.12. The minimum absolute atomic E-state index is 0.176. The number of thiophene rings is 1. The van der Waals surface area contributed by atoms with Gasteiger partial charge >= 0.3 is 0 Å². The summed E-state index contributed by atoms with van der Waals surface area (Å²) in [6.45, 7) is 0. The van der Waals surface area contributed by atoms with Crippen LogP contribution in [0.15, 0.2) is 23.7 Å². The second kappa shape index (κ2) is 5.11. The van der Waals surface area contributed by atoms with Gasteiger partial charge in [-0.1, -0.05) is 11.6 Å². The van der Waals surface area contributed by atoms with E-state index in [1.807, 2.05) is 0 Å². The Morgan fingerprint density at radius 3 is 3.06 bits per heavy atom. The molecule has 0 aliphatic rings. The molecule has 88 valence electrons. The molecule has 2 aromatic heterocycles. The number of hydrogen-bond acceptors (Lipinski definition) is 5.